The average molecular weight is 233 g/mol. The molecular formula is C15H23NO. The quantitative estimate of drug-likeness (QED) is 0.868. The second-order valence-corrected chi connectivity index (χ2v) is 6.16. The van der Waals surface area contributed by atoms with Crippen LogP contribution in [-0.4, -0.2) is 6.61 Å². The summed E-state index contributed by atoms with van der Waals surface area (Å²) in [7, 11) is 0. The first-order chi connectivity index (χ1) is 7.96. The topological polar surface area (TPSA) is 35.2 Å². The minimum atomic E-state index is 0.230. The van der Waals surface area contributed by atoms with Crippen molar-refractivity contribution in [3.63, 3.8) is 0 Å². The van der Waals surface area contributed by atoms with Gasteiger partial charge in [0, 0.05) is 6.04 Å². The predicted octanol–water partition coefficient (Wildman–Crippen LogP) is 3.45. The summed E-state index contributed by atoms with van der Waals surface area (Å²) in [6.07, 6.45) is 3.23. The smallest absolute Gasteiger partial charge is 0.119 e. The van der Waals surface area contributed by atoms with Crippen molar-refractivity contribution in [2.75, 3.05) is 6.61 Å². The molecular weight excluding hydrogens is 210 g/mol. The number of rotatable bonds is 3. The van der Waals surface area contributed by atoms with E-state index >= 15 is 0 Å². The van der Waals surface area contributed by atoms with E-state index in [4.69, 9.17) is 10.5 Å². The van der Waals surface area contributed by atoms with Crippen molar-refractivity contribution in [3.8, 4) is 5.75 Å². The Morgan fingerprint density at radius 2 is 2.12 bits per heavy atom. The number of fused-ring (bicyclic) bond motifs is 1. The van der Waals surface area contributed by atoms with Crippen molar-refractivity contribution >= 4 is 0 Å². The molecule has 1 aliphatic carbocycles. The molecule has 2 N–H and O–H groups in total. The third-order valence-corrected chi connectivity index (χ3v) is 3.36. The molecule has 2 rings (SSSR count). The molecule has 0 spiro atoms. The number of aryl methyl sites for hydroxylation is 1. The van der Waals surface area contributed by atoms with E-state index in [1.54, 1.807) is 0 Å². The summed E-state index contributed by atoms with van der Waals surface area (Å²) in [5, 5.41) is 0. The Labute approximate surface area is 104 Å². The van der Waals surface area contributed by atoms with Crippen molar-refractivity contribution in [3.05, 3.63) is 29.3 Å². The Kier molecular flexibility index (Phi) is 3.43. The van der Waals surface area contributed by atoms with Crippen LogP contribution in [0.15, 0.2) is 18.2 Å². The number of hydrogen-bond donors (Lipinski definition) is 1. The second-order valence-electron chi connectivity index (χ2n) is 6.16. The third-order valence-electron chi connectivity index (χ3n) is 3.36. The zero-order valence-corrected chi connectivity index (χ0v) is 11.1. The summed E-state index contributed by atoms with van der Waals surface area (Å²) < 4.78 is 5.80. The highest BCUT2D eigenvalue weighted by Gasteiger charge is 2.19. The van der Waals surface area contributed by atoms with E-state index in [-0.39, 0.29) is 6.04 Å². The first kappa shape index (κ1) is 12.4. The highest BCUT2D eigenvalue weighted by atomic mass is 16.5. The largest absolute Gasteiger partial charge is 0.494 e. The SMILES string of the molecule is CC(C)(C)CCOc1ccc2c(c1)CC[C@@H]2N. The Hall–Kier alpha value is -1.02. The molecule has 0 unspecified atom stereocenters. The van der Waals surface area contributed by atoms with E-state index in [1.807, 2.05) is 6.07 Å². The Morgan fingerprint density at radius 3 is 2.82 bits per heavy atom. The molecule has 2 heteroatoms. The molecule has 2 nitrogen and oxygen atoms in total. The van der Waals surface area contributed by atoms with E-state index in [0.29, 0.717) is 5.41 Å². The van der Waals surface area contributed by atoms with Crippen LogP contribution in [0.4, 0.5) is 0 Å². The van der Waals surface area contributed by atoms with Crippen LogP contribution in [0.1, 0.15) is 50.8 Å². The normalized spacial score (nSPS) is 19.2. The molecule has 0 aliphatic heterocycles. The molecule has 94 valence electrons. The lowest BCUT2D eigenvalue weighted by Crippen LogP contribution is -2.11. The molecule has 1 aromatic rings. The molecule has 0 saturated carbocycles. The van der Waals surface area contributed by atoms with Crippen LogP contribution < -0.4 is 10.5 Å². The van der Waals surface area contributed by atoms with E-state index in [0.717, 1.165) is 31.6 Å². The van der Waals surface area contributed by atoms with E-state index < -0.39 is 0 Å². The highest BCUT2D eigenvalue weighted by Crippen LogP contribution is 2.32. The van der Waals surface area contributed by atoms with Crippen LogP contribution in [0.5, 0.6) is 5.75 Å². The van der Waals surface area contributed by atoms with E-state index in [1.165, 1.54) is 11.1 Å². The second kappa shape index (κ2) is 4.69. The van der Waals surface area contributed by atoms with Crippen molar-refractivity contribution in [1.29, 1.82) is 0 Å². The Morgan fingerprint density at radius 1 is 1.35 bits per heavy atom. The Bertz CT molecular complexity index is 392. The minimum absolute atomic E-state index is 0.230. The number of ether oxygens (including phenoxy) is 1. The van der Waals surface area contributed by atoms with Crippen molar-refractivity contribution < 1.29 is 4.74 Å². The van der Waals surface area contributed by atoms with Gasteiger partial charge in [-0.15, -0.1) is 0 Å². The highest BCUT2D eigenvalue weighted by molar-refractivity contribution is 5.40. The van der Waals surface area contributed by atoms with Gasteiger partial charge in [0.2, 0.25) is 0 Å². The summed E-state index contributed by atoms with van der Waals surface area (Å²) in [5.41, 5.74) is 9.01. The van der Waals surface area contributed by atoms with Crippen molar-refractivity contribution in [2.45, 2.75) is 46.1 Å². The van der Waals surface area contributed by atoms with Gasteiger partial charge in [-0.2, -0.15) is 0 Å². The first-order valence-electron chi connectivity index (χ1n) is 6.47. The van der Waals surface area contributed by atoms with Crippen molar-refractivity contribution in [1.82, 2.24) is 0 Å². The lowest BCUT2D eigenvalue weighted by molar-refractivity contribution is 0.243. The lowest BCUT2D eigenvalue weighted by Gasteiger charge is -2.18. The molecule has 17 heavy (non-hydrogen) atoms. The third kappa shape index (κ3) is 3.22. The standard InChI is InChI=1S/C15H23NO/c1-15(2,3)8-9-17-12-5-6-13-11(10-12)4-7-14(13)16/h5-6,10,14H,4,7-9,16H2,1-3H3/t14-/m0/s1. The lowest BCUT2D eigenvalue weighted by atomic mass is 9.93. The molecule has 0 amide bonds. The molecule has 0 bridgehead atoms. The summed E-state index contributed by atoms with van der Waals surface area (Å²) in [5.74, 6) is 0.988. The predicted molar refractivity (Wildman–Crippen MR) is 71.3 cm³/mol. The molecule has 0 heterocycles. The van der Waals surface area contributed by atoms with Gasteiger partial charge in [-0.3, -0.25) is 0 Å². The molecule has 1 atom stereocenters. The number of benzene rings is 1. The van der Waals surface area contributed by atoms with Gasteiger partial charge in [0.15, 0.2) is 0 Å². The molecule has 1 aromatic carbocycles. The summed E-state index contributed by atoms with van der Waals surface area (Å²) in [6, 6.07) is 6.56. The number of hydrogen-bond acceptors (Lipinski definition) is 2. The van der Waals surface area contributed by atoms with Gasteiger partial charge in [-0.1, -0.05) is 26.8 Å². The van der Waals surface area contributed by atoms with Gasteiger partial charge < -0.3 is 10.5 Å². The first-order valence-corrected chi connectivity index (χ1v) is 6.47. The van der Waals surface area contributed by atoms with Crippen LogP contribution in [0.25, 0.3) is 0 Å². The maximum atomic E-state index is 6.01. The fourth-order valence-corrected chi connectivity index (χ4v) is 2.19. The molecule has 0 radical (unpaired) electrons. The monoisotopic (exact) mass is 233 g/mol. The maximum absolute atomic E-state index is 6.01. The van der Waals surface area contributed by atoms with Gasteiger partial charge in [0.05, 0.1) is 6.61 Å². The summed E-state index contributed by atoms with van der Waals surface area (Å²) >= 11 is 0. The van der Waals surface area contributed by atoms with E-state index in [9.17, 15) is 0 Å². The molecule has 1 aliphatic rings. The Balaban J connectivity index is 1.95. The van der Waals surface area contributed by atoms with Crippen LogP contribution in [0, 0.1) is 5.41 Å². The zero-order chi connectivity index (χ0) is 12.5. The molecule has 0 fully saturated rings. The fraction of sp³-hybridized carbons (Fsp3) is 0.600. The van der Waals surface area contributed by atoms with Gasteiger partial charge in [-0.25, -0.2) is 0 Å². The molecule has 0 saturated heterocycles. The van der Waals surface area contributed by atoms with Crippen LogP contribution >= 0.6 is 0 Å². The summed E-state index contributed by atoms with van der Waals surface area (Å²) in [4.78, 5) is 0. The number of nitrogens with two attached hydrogens (primary N) is 1. The van der Waals surface area contributed by atoms with Gasteiger partial charge in [0.25, 0.3) is 0 Å². The minimum Gasteiger partial charge on any atom is -0.494 e. The van der Waals surface area contributed by atoms with Gasteiger partial charge in [0.1, 0.15) is 5.75 Å². The van der Waals surface area contributed by atoms with Crippen LogP contribution in [0.2, 0.25) is 0 Å². The fourth-order valence-electron chi connectivity index (χ4n) is 2.19. The summed E-state index contributed by atoms with van der Waals surface area (Å²) in [6.45, 7) is 7.49. The van der Waals surface area contributed by atoms with Crippen LogP contribution in [-0.2, 0) is 6.42 Å². The van der Waals surface area contributed by atoms with E-state index in [2.05, 4.69) is 32.9 Å². The van der Waals surface area contributed by atoms with Crippen molar-refractivity contribution in [2.24, 2.45) is 11.1 Å². The zero-order valence-electron chi connectivity index (χ0n) is 11.1. The average Bonchev–Trinajstić information content (AvgIpc) is 2.58. The van der Waals surface area contributed by atoms with Gasteiger partial charge in [-0.05, 0) is 47.9 Å². The van der Waals surface area contributed by atoms with Gasteiger partial charge >= 0.3 is 0 Å². The van der Waals surface area contributed by atoms with Crippen LogP contribution in [0.3, 0.4) is 0 Å². The molecule has 0 aromatic heterocycles. The maximum Gasteiger partial charge on any atom is 0.119 e.